The zero-order valence-electron chi connectivity index (χ0n) is 25.5. The molecule has 0 amide bonds. The van der Waals surface area contributed by atoms with E-state index in [9.17, 15) is 0 Å². The van der Waals surface area contributed by atoms with Crippen LogP contribution in [0.4, 0.5) is 0 Å². The van der Waals surface area contributed by atoms with Crippen molar-refractivity contribution >= 4 is 105 Å². The minimum atomic E-state index is 0. The van der Waals surface area contributed by atoms with Crippen LogP contribution in [0.1, 0.15) is 22.3 Å². The molecule has 0 heterocycles. The Morgan fingerprint density at radius 2 is 0.622 bits per heavy atom. The van der Waals surface area contributed by atoms with Crippen LogP contribution in [0.5, 0.6) is 0 Å². The van der Waals surface area contributed by atoms with Crippen molar-refractivity contribution in [3.05, 3.63) is 119 Å². The maximum Gasteiger partial charge on any atom is 2.00 e. The van der Waals surface area contributed by atoms with Crippen LogP contribution in [0, 0.1) is 0 Å². The Kier molecular flexibility index (Phi) is 19.5. The summed E-state index contributed by atoms with van der Waals surface area (Å²) in [5.41, 5.74) is 4.91. The van der Waals surface area contributed by atoms with E-state index in [0.29, 0.717) is 8.64 Å². The fraction of sp³-hybridized carbons (Fsp3) is 0.235. The molecule has 0 saturated carbocycles. The minimum Gasteiger partial charge on any atom is -0.411 e. The third-order valence-electron chi connectivity index (χ3n) is 6.65. The van der Waals surface area contributed by atoms with E-state index in [-0.39, 0.29) is 17.1 Å². The SMILES string of the molecule is CSc1ccc(CN(Cc2ccc(SC)cc2)C(=S)[S-])cc1.CSc1ccc(CN(Cc2ccc(SC)cc2)C(=S)[S-])cc1.[Cu+2]. The molecule has 11 heteroatoms. The van der Waals surface area contributed by atoms with Crippen LogP contribution < -0.4 is 0 Å². The molecule has 0 unspecified atom stereocenters. The second-order valence-electron chi connectivity index (χ2n) is 9.64. The van der Waals surface area contributed by atoms with E-state index in [1.165, 1.54) is 41.8 Å². The van der Waals surface area contributed by atoms with Crippen LogP contribution in [0.3, 0.4) is 0 Å². The Hall–Kier alpha value is -0.981. The second-order valence-corrected chi connectivity index (χ2v) is 15.2. The summed E-state index contributed by atoms with van der Waals surface area (Å²) in [4.78, 5) is 9.19. The molecular formula is C34H36CuN2S8. The molecule has 1 radical (unpaired) electrons. The number of hydrogen-bond donors (Lipinski definition) is 0. The summed E-state index contributed by atoms with van der Waals surface area (Å²) in [5, 5.41) is 0. The van der Waals surface area contributed by atoms with Gasteiger partial charge in [-0.3, -0.25) is 0 Å². The molecule has 0 spiro atoms. The topological polar surface area (TPSA) is 6.48 Å². The molecule has 4 rings (SSSR count). The van der Waals surface area contributed by atoms with Crippen LogP contribution in [-0.2, 0) is 68.5 Å². The summed E-state index contributed by atoms with van der Waals surface area (Å²) in [7, 11) is 0. The molecule has 45 heavy (non-hydrogen) atoms. The Bertz CT molecular complexity index is 1240. The van der Waals surface area contributed by atoms with Crippen molar-refractivity contribution in [3.8, 4) is 0 Å². The molecule has 0 aromatic heterocycles. The van der Waals surface area contributed by atoms with E-state index in [2.05, 4.69) is 132 Å². The number of nitrogens with zero attached hydrogens (tertiary/aromatic N) is 2. The van der Waals surface area contributed by atoms with Crippen LogP contribution >= 0.6 is 71.5 Å². The second kappa shape index (κ2) is 21.8. The predicted molar refractivity (Wildman–Crippen MR) is 211 cm³/mol. The maximum absolute atomic E-state index is 5.25. The van der Waals surface area contributed by atoms with Gasteiger partial charge in [0, 0.05) is 45.8 Å². The van der Waals surface area contributed by atoms with Crippen molar-refractivity contribution in [2.24, 2.45) is 0 Å². The summed E-state index contributed by atoms with van der Waals surface area (Å²) in [6, 6.07) is 34.2. The summed E-state index contributed by atoms with van der Waals surface area (Å²) >= 11 is 28.0. The van der Waals surface area contributed by atoms with Gasteiger partial charge in [0.25, 0.3) is 0 Å². The predicted octanol–water partition coefficient (Wildman–Crippen LogP) is 9.93. The number of benzene rings is 4. The summed E-state index contributed by atoms with van der Waals surface area (Å²) in [5.74, 6) is 0. The van der Waals surface area contributed by atoms with E-state index in [4.69, 9.17) is 49.7 Å². The number of thiocarbonyl (C=S) groups is 2. The van der Waals surface area contributed by atoms with Gasteiger partial charge < -0.3 is 59.5 Å². The van der Waals surface area contributed by atoms with E-state index in [1.807, 2.05) is 0 Å². The number of hydrogen-bond acceptors (Lipinski definition) is 8. The fourth-order valence-electron chi connectivity index (χ4n) is 4.18. The monoisotopic (exact) mass is 791 g/mol. The van der Waals surface area contributed by atoms with Gasteiger partial charge in [0.1, 0.15) is 0 Å². The maximum atomic E-state index is 5.25. The van der Waals surface area contributed by atoms with E-state index in [0.717, 1.165) is 26.2 Å². The molecule has 4 aromatic rings. The first-order valence-corrected chi connectivity index (χ1v) is 20.2. The molecular weight excluding hydrogens is 756 g/mol. The Morgan fingerprint density at radius 3 is 0.756 bits per heavy atom. The summed E-state index contributed by atoms with van der Waals surface area (Å²) < 4.78 is 1.03. The molecule has 0 atom stereocenters. The molecule has 0 aliphatic rings. The largest absolute Gasteiger partial charge is 2.00 e. The van der Waals surface area contributed by atoms with Crippen molar-refractivity contribution in [2.75, 3.05) is 25.0 Å². The Balaban J connectivity index is 0.000000307. The van der Waals surface area contributed by atoms with Gasteiger partial charge in [-0.1, -0.05) is 57.2 Å². The molecule has 0 saturated heterocycles. The third-order valence-corrected chi connectivity index (χ3v) is 10.7. The summed E-state index contributed by atoms with van der Waals surface area (Å²) in [6.07, 6.45) is 8.33. The van der Waals surface area contributed by atoms with Crippen molar-refractivity contribution in [1.82, 2.24) is 9.80 Å². The molecule has 0 aliphatic heterocycles. The first-order valence-electron chi connectivity index (χ1n) is 13.7. The van der Waals surface area contributed by atoms with E-state index >= 15 is 0 Å². The average Bonchev–Trinajstić information content (AvgIpc) is 3.05. The molecule has 0 aliphatic carbocycles. The number of thioether (sulfide) groups is 4. The zero-order valence-corrected chi connectivity index (χ0v) is 33.0. The average molecular weight is 793 g/mol. The van der Waals surface area contributed by atoms with Gasteiger partial charge in [0.2, 0.25) is 0 Å². The summed E-state index contributed by atoms with van der Waals surface area (Å²) in [6.45, 7) is 3.01. The zero-order chi connectivity index (χ0) is 31.9. The molecule has 4 aromatic carbocycles. The van der Waals surface area contributed by atoms with Crippen molar-refractivity contribution in [2.45, 2.75) is 45.8 Å². The molecule has 0 bridgehead atoms. The molecule has 241 valence electrons. The van der Waals surface area contributed by atoms with Gasteiger partial charge in [-0.05, 0) is 95.8 Å². The van der Waals surface area contributed by atoms with Gasteiger partial charge in [-0.2, -0.15) is 0 Å². The van der Waals surface area contributed by atoms with Gasteiger partial charge >= 0.3 is 17.1 Å². The van der Waals surface area contributed by atoms with Gasteiger partial charge in [-0.25, -0.2) is 0 Å². The molecule has 0 N–H and O–H groups in total. The molecule has 2 nitrogen and oxygen atoms in total. The fourth-order valence-corrected chi connectivity index (χ4v) is 6.32. The van der Waals surface area contributed by atoms with Crippen LogP contribution in [-0.4, -0.2) is 43.5 Å². The van der Waals surface area contributed by atoms with Gasteiger partial charge in [-0.15, -0.1) is 47.0 Å². The quantitative estimate of drug-likeness (QED) is 0.0590. The van der Waals surface area contributed by atoms with Crippen LogP contribution in [0.25, 0.3) is 0 Å². The van der Waals surface area contributed by atoms with Gasteiger partial charge in [0.05, 0.1) is 0 Å². The van der Waals surface area contributed by atoms with E-state index < -0.39 is 0 Å². The normalized spacial score (nSPS) is 10.2. The van der Waals surface area contributed by atoms with Crippen molar-refractivity contribution < 1.29 is 17.1 Å². The van der Waals surface area contributed by atoms with Crippen molar-refractivity contribution in [3.63, 3.8) is 0 Å². The first-order chi connectivity index (χ1) is 21.2. The standard InChI is InChI=1S/2C17H19NS4.Cu/c2*1-21-15-7-3-13(4-8-15)11-18(17(19)20)12-14-5-9-16(22-2)10-6-14;/h2*3-10H,11-12H2,1-2H3,(H,19,20);/q;;+2/p-2. The van der Waals surface area contributed by atoms with Gasteiger partial charge in [0.15, 0.2) is 0 Å². The molecule has 0 fully saturated rings. The minimum absolute atomic E-state index is 0. The van der Waals surface area contributed by atoms with Crippen molar-refractivity contribution in [1.29, 1.82) is 0 Å². The first kappa shape index (κ1) is 40.2. The Labute approximate surface area is 319 Å². The van der Waals surface area contributed by atoms with E-state index in [1.54, 1.807) is 47.0 Å². The smallest absolute Gasteiger partial charge is 0.411 e. The third kappa shape index (κ3) is 14.4. The Morgan fingerprint density at radius 1 is 0.444 bits per heavy atom. The number of rotatable bonds is 12. The van der Waals surface area contributed by atoms with Crippen LogP contribution in [0.2, 0.25) is 0 Å². The van der Waals surface area contributed by atoms with Crippen LogP contribution in [0.15, 0.2) is 117 Å².